The Kier molecular flexibility index (Phi) is 4.61. The van der Waals surface area contributed by atoms with Crippen molar-refractivity contribution < 1.29 is 9.59 Å². The number of carbonyl (C=O) groups excluding carboxylic acids is 2. The van der Waals surface area contributed by atoms with Crippen LogP contribution in [0.1, 0.15) is 31.4 Å². The van der Waals surface area contributed by atoms with E-state index in [-0.39, 0.29) is 23.8 Å². The van der Waals surface area contributed by atoms with Crippen LogP contribution in [0, 0.1) is 5.41 Å². The third kappa shape index (κ3) is 3.52. The maximum atomic E-state index is 12.3. The van der Waals surface area contributed by atoms with Crippen LogP contribution in [0.5, 0.6) is 0 Å². The van der Waals surface area contributed by atoms with Crippen molar-refractivity contribution >= 4 is 11.8 Å². The molecule has 0 radical (unpaired) electrons. The molecular weight excluding hydrogens is 292 g/mol. The van der Waals surface area contributed by atoms with Gasteiger partial charge in [-0.05, 0) is 31.4 Å². The minimum Gasteiger partial charge on any atom is -0.341 e. The van der Waals surface area contributed by atoms with Crippen LogP contribution in [-0.4, -0.2) is 52.8 Å². The van der Waals surface area contributed by atoms with E-state index in [1.54, 1.807) is 6.20 Å². The van der Waals surface area contributed by atoms with E-state index in [1.165, 1.54) is 0 Å². The Morgan fingerprint density at radius 3 is 2.91 bits per heavy atom. The predicted octanol–water partition coefficient (Wildman–Crippen LogP) is 0.772. The summed E-state index contributed by atoms with van der Waals surface area (Å²) >= 11 is 0. The molecule has 23 heavy (non-hydrogen) atoms. The Morgan fingerprint density at radius 1 is 1.30 bits per heavy atom. The lowest BCUT2D eigenvalue weighted by molar-refractivity contribution is -0.143. The number of hydrogen-bond acceptors (Lipinski definition) is 4. The molecule has 2 amide bonds. The quantitative estimate of drug-likeness (QED) is 0.893. The highest BCUT2D eigenvalue weighted by Gasteiger charge is 2.42. The molecular formula is C17H24N4O2. The molecule has 1 spiro atoms. The summed E-state index contributed by atoms with van der Waals surface area (Å²) in [5.74, 6) is 0.195. The van der Waals surface area contributed by atoms with Gasteiger partial charge in [-0.1, -0.05) is 6.07 Å². The monoisotopic (exact) mass is 316 g/mol. The molecule has 2 fully saturated rings. The van der Waals surface area contributed by atoms with Crippen LogP contribution >= 0.6 is 0 Å². The molecule has 6 nitrogen and oxygen atoms in total. The SMILES string of the molecule is NCC(=O)N1CCCC2(CCC(=O)N(Cc3ccccn3)C2)C1. The molecule has 3 heterocycles. The van der Waals surface area contributed by atoms with E-state index in [2.05, 4.69) is 4.98 Å². The summed E-state index contributed by atoms with van der Waals surface area (Å²) in [5.41, 5.74) is 6.43. The molecule has 2 aliphatic rings. The second kappa shape index (κ2) is 6.66. The van der Waals surface area contributed by atoms with E-state index in [1.807, 2.05) is 28.0 Å². The lowest BCUT2D eigenvalue weighted by Gasteiger charge is -2.48. The van der Waals surface area contributed by atoms with Gasteiger partial charge in [-0.15, -0.1) is 0 Å². The van der Waals surface area contributed by atoms with Gasteiger partial charge in [0, 0.05) is 37.7 Å². The second-order valence-electron chi connectivity index (χ2n) is 6.69. The van der Waals surface area contributed by atoms with Crippen molar-refractivity contribution in [3.8, 4) is 0 Å². The lowest BCUT2D eigenvalue weighted by atomic mass is 9.73. The van der Waals surface area contributed by atoms with Crippen molar-refractivity contribution in [2.24, 2.45) is 11.1 Å². The fraction of sp³-hybridized carbons (Fsp3) is 0.588. The van der Waals surface area contributed by atoms with Crippen molar-refractivity contribution in [3.05, 3.63) is 30.1 Å². The lowest BCUT2D eigenvalue weighted by Crippen LogP contribution is -2.55. The molecule has 1 aromatic rings. The number of hydrogen-bond donors (Lipinski definition) is 1. The van der Waals surface area contributed by atoms with Crippen LogP contribution < -0.4 is 5.73 Å². The first-order valence-electron chi connectivity index (χ1n) is 8.27. The topological polar surface area (TPSA) is 79.5 Å². The average molecular weight is 316 g/mol. The van der Waals surface area contributed by atoms with Gasteiger partial charge in [0.25, 0.3) is 0 Å². The zero-order chi connectivity index (χ0) is 16.3. The third-order valence-electron chi connectivity index (χ3n) is 5.02. The summed E-state index contributed by atoms with van der Waals surface area (Å²) in [6.07, 6.45) is 5.21. The number of nitrogens with two attached hydrogens (primary N) is 1. The molecule has 1 aromatic heterocycles. The highest BCUT2D eigenvalue weighted by molar-refractivity contribution is 5.79. The van der Waals surface area contributed by atoms with Crippen LogP contribution in [0.4, 0.5) is 0 Å². The van der Waals surface area contributed by atoms with Gasteiger partial charge in [-0.2, -0.15) is 0 Å². The first kappa shape index (κ1) is 15.9. The fourth-order valence-electron chi connectivity index (χ4n) is 3.82. The number of amides is 2. The molecule has 3 rings (SSSR count). The van der Waals surface area contributed by atoms with Gasteiger partial charge in [-0.25, -0.2) is 0 Å². The summed E-state index contributed by atoms with van der Waals surface area (Å²) in [4.78, 5) is 32.3. The molecule has 0 aromatic carbocycles. The first-order valence-corrected chi connectivity index (χ1v) is 8.27. The van der Waals surface area contributed by atoms with Gasteiger partial charge in [0.2, 0.25) is 11.8 Å². The number of piperidine rings is 2. The van der Waals surface area contributed by atoms with Crippen LogP contribution in [0.3, 0.4) is 0 Å². The van der Waals surface area contributed by atoms with Gasteiger partial charge < -0.3 is 15.5 Å². The summed E-state index contributed by atoms with van der Waals surface area (Å²) in [6, 6.07) is 5.76. The second-order valence-corrected chi connectivity index (χ2v) is 6.69. The zero-order valence-corrected chi connectivity index (χ0v) is 13.4. The van der Waals surface area contributed by atoms with E-state index < -0.39 is 0 Å². The minimum atomic E-state index is 0.0113. The molecule has 2 aliphatic heterocycles. The Labute approximate surface area is 136 Å². The number of likely N-dealkylation sites (tertiary alicyclic amines) is 2. The van der Waals surface area contributed by atoms with Crippen molar-refractivity contribution in [2.45, 2.75) is 32.2 Å². The summed E-state index contributed by atoms with van der Waals surface area (Å²) < 4.78 is 0. The van der Waals surface area contributed by atoms with Gasteiger partial charge in [0.15, 0.2) is 0 Å². The first-order chi connectivity index (χ1) is 11.1. The highest BCUT2D eigenvalue weighted by atomic mass is 16.2. The Bertz CT molecular complexity index is 577. The van der Waals surface area contributed by atoms with Crippen LogP contribution in [0.15, 0.2) is 24.4 Å². The molecule has 2 saturated heterocycles. The summed E-state index contributed by atoms with van der Waals surface area (Å²) in [7, 11) is 0. The highest BCUT2D eigenvalue weighted by Crippen LogP contribution is 2.39. The molecule has 0 aliphatic carbocycles. The number of pyridine rings is 1. The van der Waals surface area contributed by atoms with Crippen molar-refractivity contribution in [1.29, 1.82) is 0 Å². The maximum absolute atomic E-state index is 12.3. The predicted molar refractivity (Wildman–Crippen MR) is 86.2 cm³/mol. The standard InChI is InChI=1S/C17H24N4O2/c18-10-16(23)20-9-3-6-17(12-20)7-5-15(22)21(13-17)11-14-4-1-2-8-19-14/h1-2,4,8H,3,5-7,9-13,18H2. The number of nitrogens with zero attached hydrogens (tertiary/aromatic N) is 3. The Morgan fingerprint density at radius 2 is 2.17 bits per heavy atom. The smallest absolute Gasteiger partial charge is 0.236 e. The van der Waals surface area contributed by atoms with Gasteiger partial charge in [-0.3, -0.25) is 14.6 Å². The van der Waals surface area contributed by atoms with E-state index in [4.69, 9.17) is 5.73 Å². The molecule has 2 N–H and O–H groups in total. The van der Waals surface area contributed by atoms with E-state index in [0.29, 0.717) is 19.5 Å². The summed E-state index contributed by atoms with van der Waals surface area (Å²) in [5, 5.41) is 0. The number of carbonyl (C=O) groups is 2. The molecule has 124 valence electrons. The Balaban J connectivity index is 1.71. The van der Waals surface area contributed by atoms with Gasteiger partial charge >= 0.3 is 0 Å². The van der Waals surface area contributed by atoms with Gasteiger partial charge in [0.1, 0.15) is 0 Å². The van der Waals surface area contributed by atoms with E-state index in [9.17, 15) is 9.59 Å². The van der Waals surface area contributed by atoms with Crippen LogP contribution in [0.25, 0.3) is 0 Å². The average Bonchev–Trinajstić information content (AvgIpc) is 2.59. The minimum absolute atomic E-state index is 0.0113. The van der Waals surface area contributed by atoms with Crippen molar-refractivity contribution in [3.63, 3.8) is 0 Å². The van der Waals surface area contributed by atoms with E-state index >= 15 is 0 Å². The van der Waals surface area contributed by atoms with Gasteiger partial charge in [0.05, 0.1) is 18.8 Å². The van der Waals surface area contributed by atoms with Crippen LogP contribution in [0.2, 0.25) is 0 Å². The number of rotatable bonds is 3. The largest absolute Gasteiger partial charge is 0.341 e. The van der Waals surface area contributed by atoms with Crippen molar-refractivity contribution in [1.82, 2.24) is 14.8 Å². The molecule has 0 bridgehead atoms. The zero-order valence-electron chi connectivity index (χ0n) is 13.4. The molecule has 1 unspecified atom stereocenters. The normalized spacial score (nSPS) is 25.0. The molecule has 6 heteroatoms. The molecule has 1 atom stereocenters. The number of aromatic nitrogens is 1. The Hall–Kier alpha value is -1.95. The molecule has 0 saturated carbocycles. The van der Waals surface area contributed by atoms with Crippen molar-refractivity contribution in [2.75, 3.05) is 26.2 Å². The van der Waals surface area contributed by atoms with Crippen LogP contribution in [-0.2, 0) is 16.1 Å². The maximum Gasteiger partial charge on any atom is 0.236 e. The fourth-order valence-corrected chi connectivity index (χ4v) is 3.82. The summed E-state index contributed by atoms with van der Waals surface area (Å²) in [6.45, 7) is 2.82. The third-order valence-corrected chi connectivity index (χ3v) is 5.02. The van der Waals surface area contributed by atoms with E-state index in [0.717, 1.165) is 38.0 Å².